The predicted molar refractivity (Wildman–Crippen MR) is 55.9 cm³/mol. The van der Waals surface area contributed by atoms with Gasteiger partial charge in [-0.15, -0.1) is 0 Å². The smallest absolute Gasteiger partial charge is 0.257 e. The van der Waals surface area contributed by atoms with Crippen LogP contribution in [0.25, 0.3) is 0 Å². The third-order valence-corrected chi connectivity index (χ3v) is 2.12. The Morgan fingerprint density at radius 2 is 2.14 bits per heavy atom. The average Bonchev–Trinajstić information content (AvgIpc) is 2.20. The van der Waals surface area contributed by atoms with Crippen LogP contribution in [0.2, 0.25) is 0 Å². The fraction of sp³-hybridized carbons (Fsp3) is 0.400. The van der Waals surface area contributed by atoms with E-state index in [4.69, 9.17) is 5.73 Å². The van der Waals surface area contributed by atoms with E-state index in [2.05, 4.69) is 4.98 Å². The first-order chi connectivity index (χ1) is 6.70. The Morgan fingerprint density at radius 3 is 2.64 bits per heavy atom. The molecule has 0 aliphatic carbocycles. The van der Waals surface area contributed by atoms with E-state index in [1.54, 1.807) is 23.2 Å². The number of amides is 1. The molecule has 14 heavy (non-hydrogen) atoms. The molecule has 1 heterocycles. The molecule has 0 radical (unpaired) electrons. The van der Waals surface area contributed by atoms with Crippen LogP contribution in [0.4, 0.5) is 5.82 Å². The maximum atomic E-state index is 11.8. The number of carbonyl (C=O) groups is 1. The lowest BCUT2D eigenvalue weighted by atomic mass is 10.2. The molecule has 4 nitrogen and oxygen atoms in total. The third-order valence-electron chi connectivity index (χ3n) is 2.12. The normalized spacial score (nSPS) is 9.86. The molecule has 2 N–H and O–H groups in total. The molecule has 1 rings (SSSR count). The molecular weight excluding hydrogens is 178 g/mol. The summed E-state index contributed by atoms with van der Waals surface area (Å²) >= 11 is 0. The van der Waals surface area contributed by atoms with Crippen molar-refractivity contribution in [1.82, 2.24) is 9.88 Å². The zero-order chi connectivity index (χ0) is 10.6. The van der Waals surface area contributed by atoms with Crippen molar-refractivity contribution in [1.29, 1.82) is 0 Å². The van der Waals surface area contributed by atoms with Gasteiger partial charge in [-0.05, 0) is 26.0 Å². The minimum absolute atomic E-state index is 0.0550. The number of rotatable bonds is 3. The second kappa shape index (κ2) is 4.60. The highest BCUT2D eigenvalue weighted by molar-refractivity contribution is 5.98. The van der Waals surface area contributed by atoms with Gasteiger partial charge in [-0.1, -0.05) is 0 Å². The molecule has 0 atom stereocenters. The Morgan fingerprint density at radius 1 is 1.50 bits per heavy atom. The molecular formula is C10H15N3O. The fourth-order valence-electron chi connectivity index (χ4n) is 1.28. The standard InChI is InChI=1S/C10H15N3O/c1-3-13(4-2)10(14)8-6-5-7-12-9(8)11/h5-7H,3-4H2,1-2H3,(H2,11,12). The van der Waals surface area contributed by atoms with Gasteiger partial charge in [-0.25, -0.2) is 4.98 Å². The first-order valence-electron chi connectivity index (χ1n) is 4.70. The molecule has 0 aliphatic heterocycles. The van der Waals surface area contributed by atoms with Gasteiger partial charge in [0.15, 0.2) is 0 Å². The van der Waals surface area contributed by atoms with Gasteiger partial charge in [0.1, 0.15) is 5.82 Å². The summed E-state index contributed by atoms with van der Waals surface area (Å²) in [6, 6.07) is 3.41. The Hall–Kier alpha value is -1.58. The molecule has 0 saturated carbocycles. The van der Waals surface area contributed by atoms with E-state index >= 15 is 0 Å². The van der Waals surface area contributed by atoms with E-state index in [0.717, 1.165) is 0 Å². The van der Waals surface area contributed by atoms with Crippen molar-refractivity contribution in [2.75, 3.05) is 18.8 Å². The first-order valence-corrected chi connectivity index (χ1v) is 4.70. The largest absolute Gasteiger partial charge is 0.383 e. The van der Waals surface area contributed by atoms with Crippen molar-refractivity contribution in [2.45, 2.75) is 13.8 Å². The van der Waals surface area contributed by atoms with Gasteiger partial charge in [-0.2, -0.15) is 0 Å². The summed E-state index contributed by atoms with van der Waals surface area (Å²) in [6.07, 6.45) is 1.58. The third kappa shape index (κ3) is 2.02. The van der Waals surface area contributed by atoms with Gasteiger partial charge in [0.05, 0.1) is 5.56 Å². The topological polar surface area (TPSA) is 59.2 Å². The molecule has 4 heteroatoms. The zero-order valence-electron chi connectivity index (χ0n) is 8.53. The van der Waals surface area contributed by atoms with Crippen molar-refractivity contribution < 1.29 is 4.79 Å². The summed E-state index contributed by atoms with van der Waals surface area (Å²) in [5, 5.41) is 0. The maximum Gasteiger partial charge on any atom is 0.257 e. The summed E-state index contributed by atoms with van der Waals surface area (Å²) in [5.41, 5.74) is 6.09. The van der Waals surface area contributed by atoms with Crippen LogP contribution in [0.5, 0.6) is 0 Å². The van der Waals surface area contributed by atoms with E-state index < -0.39 is 0 Å². The van der Waals surface area contributed by atoms with Crippen LogP contribution in [0.15, 0.2) is 18.3 Å². The minimum atomic E-state index is -0.0550. The highest BCUT2D eigenvalue weighted by Gasteiger charge is 2.14. The van der Waals surface area contributed by atoms with Gasteiger partial charge < -0.3 is 10.6 Å². The van der Waals surface area contributed by atoms with Crippen LogP contribution >= 0.6 is 0 Å². The number of carbonyl (C=O) groups excluding carboxylic acids is 1. The molecule has 0 fully saturated rings. The Labute approximate surface area is 83.7 Å². The number of anilines is 1. The van der Waals surface area contributed by atoms with E-state index in [1.165, 1.54) is 0 Å². The van der Waals surface area contributed by atoms with Crippen LogP contribution in [-0.2, 0) is 0 Å². The summed E-state index contributed by atoms with van der Waals surface area (Å²) < 4.78 is 0. The number of nitrogen functional groups attached to an aromatic ring is 1. The Bertz CT molecular complexity index is 321. The van der Waals surface area contributed by atoms with Gasteiger partial charge >= 0.3 is 0 Å². The van der Waals surface area contributed by atoms with Crippen molar-refractivity contribution >= 4 is 11.7 Å². The number of hydrogen-bond acceptors (Lipinski definition) is 3. The molecule has 1 aromatic rings. The highest BCUT2D eigenvalue weighted by atomic mass is 16.2. The second-order valence-electron chi connectivity index (χ2n) is 2.91. The quantitative estimate of drug-likeness (QED) is 0.783. The van der Waals surface area contributed by atoms with Crippen molar-refractivity contribution in [3.05, 3.63) is 23.9 Å². The zero-order valence-corrected chi connectivity index (χ0v) is 8.53. The number of hydrogen-bond donors (Lipinski definition) is 1. The van der Waals surface area contributed by atoms with Gasteiger partial charge in [0.2, 0.25) is 0 Å². The van der Waals surface area contributed by atoms with Crippen molar-refractivity contribution in [2.24, 2.45) is 0 Å². The summed E-state index contributed by atoms with van der Waals surface area (Å²) in [7, 11) is 0. The molecule has 0 saturated heterocycles. The van der Waals surface area contributed by atoms with E-state index in [0.29, 0.717) is 24.5 Å². The molecule has 0 aliphatic rings. The van der Waals surface area contributed by atoms with Crippen molar-refractivity contribution in [3.8, 4) is 0 Å². The Balaban J connectivity index is 2.94. The molecule has 1 aromatic heterocycles. The predicted octanol–water partition coefficient (Wildman–Crippen LogP) is 1.15. The number of pyridine rings is 1. The average molecular weight is 193 g/mol. The molecule has 0 unspecified atom stereocenters. The van der Waals surface area contributed by atoms with Gasteiger partial charge in [-0.3, -0.25) is 4.79 Å². The molecule has 0 bridgehead atoms. The van der Waals surface area contributed by atoms with Crippen LogP contribution in [-0.4, -0.2) is 28.9 Å². The second-order valence-corrected chi connectivity index (χ2v) is 2.91. The summed E-state index contributed by atoms with van der Waals surface area (Å²) in [4.78, 5) is 17.4. The highest BCUT2D eigenvalue weighted by Crippen LogP contribution is 2.10. The van der Waals surface area contributed by atoms with Crippen LogP contribution in [0, 0.1) is 0 Å². The van der Waals surface area contributed by atoms with E-state index in [1.807, 2.05) is 13.8 Å². The maximum absolute atomic E-state index is 11.8. The van der Waals surface area contributed by atoms with Gasteiger partial charge in [0.25, 0.3) is 5.91 Å². The summed E-state index contributed by atoms with van der Waals surface area (Å²) in [5.74, 6) is 0.241. The first kappa shape index (κ1) is 10.5. The molecule has 0 spiro atoms. The van der Waals surface area contributed by atoms with E-state index in [9.17, 15) is 4.79 Å². The lowest BCUT2D eigenvalue weighted by molar-refractivity contribution is 0.0773. The van der Waals surface area contributed by atoms with E-state index in [-0.39, 0.29) is 5.91 Å². The van der Waals surface area contributed by atoms with Crippen LogP contribution in [0.3, 0.4) is 0 Å². The number of aromatic nitrogens is 1. The molecule has 0 aromatic carbocycles. The lowest BCUT2D eigenvalue weighted by Gasteiger charge is -2.18. The van der Waals surface area contributed by atoms with Crippen molar-refractivity contribution in [3.63, 3.8) is 0 Å². The molecule has 1 amide bonds. The Kier molecular flexibility index (Phi) is 3.45. The van der Waals surface area contributed by atoms with Crippen LogP contribution < -0.4 is 5.73 Å². The SMILES string of the molecule is CCN(CC)C(=O)c1cccnc1N. The van der Waals surface area contributed by atoms with Crippen LogP contribution in [0.1, 0.15) is 24.2 Å². The summed E-state index contributed by atoms with van der Waals surface area (Å²) in [6.45, 7) is 5.25. The molecule has 76 valence electrons. The number of nitrogens with two attached hydrogens (primary N) is 1. The fourth-order valence-corrected chi connectivity index (χ4v) is 1.28. The van der Waals surface area contributed by atoms with Gasteiger partial charge in [0, 0.05) is 19.3 Å². The lowest BCUT2D eigenvalue weighted by Crippen LogP contribution is -2.31. The number of nitrogens with zero attached hydrogens (tertiary/aromatic N) is 2. The minimum Gasteiger partial charge on any atom is -0.383 e. The monoisotopic (exact) mass is 193 g/mol.